The highest BCUT2D eigenvalue weighted by molar-refractivity contribution is 5.95. The summed E-state index contributed by atoms with van der Waals surface area (Å²) in [5.74, 6) is 0.616. The van der Waals surface area contributed by atoms with Crippen molar-refractivity contribution in [3.8, 4) is 0 Å². The van der Waals surface area contributed by atoms with Crippen LogP contribution in [0.25, 0.3) is 0 Å². The van der Waals surface area contributed by atoms with Gasteiger partial charge in [-0.05, 0) is 50.3 Å². The van der Waals surface area contributed by atoms with Gasteiger partial charge in [-0.15, -0.1) is 0 Å². The molecule has 1 atom stereocenters. The molecular formula is C16H24N2O. The van der Waals surface area contributed by atoms with Crippen LogP contribution < -0.4 is 11.1 Å². The summed E-state index contributed by atoms with van der Waals surface area (Å²) in [7, 11) is 0. The summed E-state index contributed by atoms with van der Waals surface area (Å²) in [4.78, 5) is 12.2. The Balaban J connectivity index is 1.97. The van der Waals surface area contributed by atoms with Gasteiger partial charge in [0.2, 0.25) is 0 Å². The molecule has 0 bridgehead atoms. The number of carbonyl (C=O) groups is 1. The molecule has 1 aromatic carbocycles. The van der Waals surface area contributed by atoms with E-state index < -0.39 is 0 Å². The maximum atomic E-state index is 12.2. The number of rotatable bonds is 3. The van der Waals surface area contributed by atoms with Crippen molar-refractivity contribution >= 4 is 11.6 Å². The van der Waals surface area contributed by atoms with E-state index in [2.05, 4.69) is 12.2 Å². The van der Waals surface area contributed by atoms with Crippen LogP contribution in [0.4, 0.5) is 5.69 Å². The Bertz CT molecular complexity index is 450. The monoisotopic (exact) mass is 260 g/mol. The van der Waals surface area contributed by atoms with E-state index in [-0.39, 0.29) is 11.9 Å². The van der Waals surface area contributed by atoms with Crippen molar-refractivity contribution in [2.24, 2.45) is 5.92 Å². The fraction of sp³-hybridized carbons (Fsp3) is 0.562. The lowest BCUT2D eigenvalue weighted by Crippen LogP contribution is -2.38. The number of nitrogens with one attached hydrogen (secondary N) is 1. The number of nitrogen functional groups attached to an aromatic ring is 1. The lowest BCUT2D eigenvalue weighted by Gasteiger charge is -2.28. The summed E-state index contributed by atoms with van der Waals surface area (Å²) in [6, 6.07) is 5.75. The first-order valence-electron chi connectivity index (χ1n) is 7.25. The predicted octanol–water partition coefficient (Wildman–Crippen LogP) is 3.28. The van der Waals surface area contributed by atoms with Crippen LogP contribution in [0.15, 0.2) is 18.2 Å². The third-order valence-electron chi connectivity index (χ3n) is 4.26. The van der Waals surface area contributed by atoms with Gasteiger partial charge in [-0.2, -0.15) is 0 Å². The van der Waals surface area contributed by atoms with Crippen LogP contribution in [-0.2, 0) is 0 Å². The molecule has 104 valence electrons. The van der Waals surface area contributed by atoms with Gasteiger partial charge in [0.1, 0.15) is 0 Å². The number of anilines is 1. The number of carbonyl (C=O) groups excluding carboxylic acids is 1. The van der Waals surface area contributed by atoms with E-state index in [0.29, 0.717) is 17.2 Å². The van der Waals surface area contributed by atoms with Gasteiger partial charge >= 0.3 is 0 Å². The van der Waals surface area contributed by atoms with E-state index in [9.17, 15) is 4.79 Å². The minimum Gasteiger partial charge on any atom is -0.398 e. The molecule has 0 aromatic heterocycles. The Kier molecular flexibility index (Phi) is 4.46. The van der Waals surface area contributed by atoms with Crippen molar-refractivity contribution < 1.29 is 4.79 Å². The molecule has 0 saturated heterocycles. The van der Waals surface area contributed by atoms with Crippen molar-refractivity contribution in [3.05, 3.63) is 29.3 Å². The second-order valence-corrected chi connectivity index (χ2v) is 5.73. The minimum absolute atomic E-state index is 0.00947. The Morgan fingerprint density at radius 2 is 2.00 bits per heavy atom. The lowest BCUT2D eigenvalue weighted by molar-refractivity contribution is 0.0919. The van der Waals surface area contributed by atoms with Crippen LogP contribution in [0.1, 0.15) is 54.9 Å². The van der Waals surface area contributed by atoms with Gasteiger partial charge in [0.15, 0.2) is 0 Å². The largest absolute Gasteiger partial charge is 0.398 e. The first kappa shape index (κ1) is 13.9. The second-order valence-electron chi connectivity index (χ2n) is 5.73. The Morgan fingerprint density at radius 1 is 1.32 bits per heavy atom. The number of benzene rings is 1. The molecule has 1 fully saturated rings. The first-order valence-corrected chi connectivity index (χ1v) is 7.25. The zero-order valence-corrected chi connectivity index (χ0v) is 11.9. The van der Waals surface area contributed by atoms with E-state index in [1.165, 1.54) is 32.1 Å². The molecule has 1 aromatic rings. The average Bonchev–Trinajstić information content (AvgIpc) is 2.42. The highest BCUT2D eigenvalue weighted by atomic mass is 16.1. The van der Waals surface area contributed by atoms with E-state index >= 15 is 0 Å². The van der Waals surface area contributed by atoms with Crippen molar-refractivity contribution in [2.75, 3.05) is 5.73 Å². The molecule has 0 aliphatic heterocycles. The quantitative estimate of drug-likeness (QED) is 0.819. The van der Waals surface area contributed by atoms with Crippen LogP contribution in [0.5, 0.6) is 0 Å². The van der Waals surface area contributed by atoms with Crippen molar-refractivity contribution in [3.63, 3.8) is 0 Å². The molecule has 1 unspecified atom stereocenters. The van der Waals surface area contributed by atoms with Gasteiger partial charge in [0, 0.05) is 17.3 Å². The molecule has 3 nitrogen and oxygen atoms in total. The first-order chi connectivity index (χ1) is 9.08. The van der Waals surface area contributed by atoms with E-state index in [4.69, 9.17) is 5.73 Å². The van der Waals surface area contributed by atoms with Gasteiger partial charge in [0.25, 0.3) is 5.91 Å². The molecule has 1 saturated carbocycles. The van der Waals surface area contributed by atoms with Gasteiger partial charge in [-0.1, -0.05) is 25.3 Å². The lowest BCUT2D eigenvalue weighted by atomic mass is 9.84. The van der Waals surface area contributed by atoms with Crippen LogP contribution >= 0.6 is 0 Å². The molecule has 19 heavy (non-hydrogen) atoms. The third kappa shape index (κ3) is 3.49. The van der Waals surface area contributed by atoms with Crippen LogP contribution in [0, 0.1) is 12.8 Å². The highest BCUT2D eigenvalue weighted by Crippen LogP contribution is 2.26. The van der Waals surface area contributed by atoms with Crippen molar-refractivity contribution in [1.29, 1.82) is 0 Å². The molecule has 0 heterocycles. The number of nitrogens with two attached hydrogens (primary N) is 1. The summed E-state index contributed by atoms with van der Waals surface area (Å²) in [6.07, 6.45) is 6.39. The number of amides is 1. The smallest absolute Gasteiger partial charge is 0.251 e. The molecule has 0 spiro atoms. The summed E-state index contributed by atoms with van der Waals surface area (Å²) in [6.45, 7) is 4.06. The Morgan fingerprint density at radius 3 is 2.63 bits per heavy atom. The van der Waals surface area contributed by atoms with Crippen LogP contribution in [-0.4, -0.2) is 11.9 Å². The van der Waals surface area contributed by atoms with Gasteiger partial charge in [-0.25, -0.2) is 0 Å². The summed E-state index contributed by atoms with van der Waals surface area (Å²) >= 11 is 0. The number of hydrogen-bond donors (Lipinski definition) is 2. The van der Waals surface area contributed by atoms with Gasteiger partial charge in [0.05, 0.1) is 0 Å². The minimum atomic E-state index is -0.00947. The van der Waals surface area contributed by atoms with Crippen molar-refractivity contribution in [1.82, 2.24) is 5.32 Å². The standard InChI is InChI=1S/C16H24N2O/c1-11-8-9-14(10-15(11)17)16(19)18-12(2)13-6-4-3-5-7-13/h8-10,12-13H,3-7,17H2,1-2H3,(H,18,19). The second kappa shape index (κ2) is 6.09. The fourth-order valence-corrected chi connectivity index (χ4v) is 2.82. The molecule has 1 aliphatic carbocycles. The summed E-state index contributed by atoms with van der Waals surface area (Å²) in [5.41, 5.74) is 8.20. The Labute approximate surface area is 115 Å². The zero-order valence-electron chi connectivity index (χ0n) is 11.9. The highest BCUT2D eigenvalue weighted by Gasteiger charge is 2.21. The zero-order chi connectivity index (χ0) is 13.8. The SMILES string of the molecule is Cc1ccc(C(=O)NC(C)C2CCCCC2)cc1N. The summed E-state index contributed by atoms with van der Waals surface area (Å²) in [5, 5.41) is 3.12. The number of aryl methyl sites for hydroxylation is 1. The predicted molar refractivity (Wildman–Crippen MR) is 79.1 cm³/mol. The van der Waals surface area contributed by atoms with Gasteiger partial charge < -0.3 is 11.1 Å². The van der Waals surface area contributed by atoms with Crippen LogP contribution in [0.2, 0.25) is 0 Å². The van der Waals surface area contributed by atoms with E-state index in [0.717, 1.165) is 5.56 Å². The average molecular weight is 260 g/mol. The molecule has 0 radical (unpaired) electrons. The topological polar surface area (TPSA) is 55.1 Å². The molecular weight excluding hydrogens is 236 g/mol. The fourth-order valence-electron chi connectivity index (χ4n) is 2.82. The van der Waals surface area contributed by atoms with Gasteiger partial charge in [-0.3, -0.25) is 4.79 Å². The molecule has 2 rings (SSSR count). The van der Waals surface area contributed by atoms with Crippen molar-refractivity contribution in [2.45, 2.75) is 52.0 Å². The summed E-state index contributed by atoms with van der Waals surface area (Å²) < 4.78 is 0. The van der Waals surface area contributed by atoms with Crippen LogP contribution in [0.3, 0.4) is 0 Å². The van der Waals surface area contributed by atoms with E-state index in [1.807, 2.05) is 19.1 Å². The Hall–Kier alpha value is -1.51. The molecule has 1 amide bonds. The maximum Gasteiger partial charge on any atom is 0.251 e. The normalized spacial score (nSPS) is 18.0. The van der Waals surface area contributed by atoms with E-state index in [1.54, 1.807) is 6.07 Å². The number of hydrogen-bond acceptors (Lipinski definition) is 2. The molecule has 3 N–H and O–H groups in total. The third-order valence-corrected chi connectivity index (χ3v) is 4.26. The molecule has 3 heteroatoms. The molecule has 1 aliphatic rings. The maximum absolute atomic E-state index is 12.2.